The summed E-state index contributed by atoms with van der Waals surface area (Å²) >= 11 is 7.12. The first kappa shape index (κ1) is 29.0. The maximum atomic E-state index is 14.0. The number of carbonyl (C=O) groups is 2. The van der Waals surface area contributed by atoms with Gasteiger partial charge in [0.15, 0.2) is 4.80 Å². The van der Waals surface area contributed by atoms with Crippen LogP contribution in [0, 0.1) is 5.82 Å². The Morgan fingerprint density at radius 1 is 1.07 bits per heavy atom. The fourth-order valence-electron chi connectivity index (χ4n) is 4.96. The van der Waals surface area contributed by atoms with E-state index in [-0.39, 0.29) is 27.3 Å². The second-order valence-electron chi connectivity index (χ2n) is 9.68. The van der Waals surface area contributed by atoms with Crippen molar-refractivity contribution in [2.75, 3.05) is 6.61 Å². The second kappa shape index (κ2) is 11.9. The van der Waals surface area contributed by atoms with Crippen LogP contribution in [0.25, 0.3) is 23.1 Å². The van der Waals surface area contributed by atoms with E-state index < -0.39 is 29.4 Å². The molecule has 3 heterocycles. The summed E-state index contributed by atoms with van der Waals surface area (Å²) in [6, 6.07) is 21.6. The molecule has 44 heavy (non-hydrogen) atoms. The van der Waals surface area contributed by atoms with Crippen LogP contribution in [0.3, 0.4) is 0 Å². The number of esters is 1. The molecular formula is C33H22ClFN2O6S. The summed E-state index contributed by atoms with van der Waals surface area (Å²) in [5.41, 5.74) is 1.65. The summed E-state index contributed by atoms with van der Waals surface area (Å²) in [6.45, 7) is 1.79. The van der Waals surface area contributed by atoms with Crippen molar-refractivity contribution in [3.63, 3.8) is 0 Å². The number of thiazole rings is 1. The van der Waals surface area contributed by atoms with E-state index in [4.69, 9.17) is 25.7 Å². The van der Waals surface area contributed by atoms with E-state index in [2.05, 4.69) is 0 Å². The van der Waals surface area contributed by atoms with Gasteiger partial charge < -0.3 is 14.3 Å². The van der Waals surface area contributed by atoms with Crippen molar-refractivity contribution in [1.29, 1.82) is 0 Å². The van der Waals surface area contributed by atoms with Gasteiger partial charge in [-0.2, -0.15) is 0 Å². The van der Waals surface area contributed by atoms with Crippen LogP contribution < -0.4 is 14.9 Å². The summed E-state index contributed by atoms with van der Waals surface area (Å²) in [5, 5.41) is 9.52. The van der Waals surface area contributed by atoms with Gasteiger partial charge in [-0.15, -0.1) is 0 Å². The van der Waals surface area contributed by atoms with Crippen LogP contribution in [0.2, 0.25) is 5.02 Å². The third kappa shape index (κ3) is 5.41. The van der Waals surface area contributed by atoms with Crippen LogP contribution in [-0.4, -0.2) is 28.2 Å². The number of hydrogen-bond acceptors (Lipinski definition) is 7. The molecule has 0 amide bonds. The molecule has 1 N–H and O–H groups in total. The van der Waals surface area contributed by atoms with Gasteiger partial charge >= 0.3 is 11.9 Å². The van der Waals surface area contributed by atoms with Gasteiger partial charge in [-0.1, -0.05) is 65.4 Å². The highest BCUT2D eigenvalue weighted by molar-refractivity contribution is 7.07. The van der Waals surface area contributed by atoms with Crippen LogP contribution >= 0.6 is 22.9 Å². The van der Waals surface area contributed by atoms with E-state index in [0.717, 1.165) is 11.3 Å². The maximum Gasteiger partial charge on any atom is 0.338 e. The number of carboxylic acids is 1. The number of aromatic carboxylic acids is 1. The lowest BCUT2D eigenvalue weighted by molar-refractivity contribution is -0.138. The van der Waals surface area contributed by atoms with Crippen molar-refractivity contribution in [3.05, 3.63) is 143 Å². The number of halogens is 2. The smallest absolute Gasteiger partial charge is 0.338 e. The fraction of sp³-hybridized carbons (Fsp3) is 0.0909. The molecule has 0 saturated heterocycles. The van der Waals surface area contributed by atoms with Crippen molar-refractivity contribution < 1.29 is 28.2 Å². The second-order valence-corrected chi connectivity index (χ2v) is 11.1. The van der Waals surface area contributed by atoms with Crippen LogP contribution in [-0.2, 0) is 9.53 Å². The summed E-state index contributed by atoms with van der Waals surface area (Å²) in [7, 11) is 0. The molecule has 0 unspecified atom stereocenters. The Kier molecular flexibility index (Phi) is 7.86. The number of hydrogen-bond donors (Lipinski definition) is 1. The number of furan rings is 1. The minimum atomic E-state index is -1.17. The first-order valence-corrected chi connectivity index (χ1v) is 14.6. The lowest BCUT2D eigenvalue weighted by Gasteiger charge is -2.25. The van der Waals surface area contributed by atoms with E-state index >= 15 is 0 Å². The number of ether oxygens (including phenoxy) is 1. The van der Waals surface area contributed by atoms with Gasteiger partial charge in [0.25, 0.3) is 5.56 Å². The first-order valence-electron chi connectivity index (χ1n) is 13.4. The Hall–Kier alpha value is -5.06. The topological polar surface area (TPSA) is 111 Å². The third-order valence-electron chi connectivity index (χ3n) is 6.94. The summed E-state index contributed by atoms with van der Waals surface area (Å²) in [4.78, 5) is 44.1. The highest BCUT2D eigenvalue weighted by atomic mass is 35.5. The summed E-state index contributed by atoms with van der Waals surface area (Å²) in [6.07, 6.45) is 1.55. The molecule has 1 aliphatic heterocycles. The first-order chi connectivity index (χ1) is 21.2. The number of fused-ring (bicyclic) bond motifs is 1. The normalized spacial score (nSPS) is 14.7. The monoisotopic (exact) mass is 628 g/mol. The minimum absolute atomic E-state index is 0.0668. The molecule has 11 heteroatoms. The van der Waals surface area contributed by atoms with Gasteiger partial charge in [-0.3, -0.25) is 9.36 Å². The molecule has 6 rings (SSSR count). The van der Waals surface area contributed by atoms with E-state index in [0.29, 0.717) is 38.7 Å². The molecule has 5 aromatic rings. The number of rotatable bonds is 7. The van der Waals surface area contributed by atoms with Gasteiger partial charge in [0.05, 0.1) is 39.0 Å². The number of carboxylic acid groups (broad SMARTS) is 1. The van der Waals surface area contributed by atoms with Gasteiger partial charge in [-0.25, -0.2) is 19.0 Å². The lowest BCUT2D eigenvalue weighted by atomic mass is 9.93. The van der Waals surface area contributed by atoms with E-state index in [1.54, 1.807) is 31.2 Å². The lowest BCUT2D eigenvalue weighted by Crippen LogP contribution is -2.40. The molecule has 0 fully saturated rings. The van der Waals surface area contributed by atoms with E-state index in [1.807, 2.05) is 30.3 Å². The summed E-state index contributed by atoms with van der Waals surface area (Å²) < 4.78 is 27.0. The van der Waals surface area contributed by atoms with Gasteiger partial charge in [0.2, 0.25) is 0 Å². The van der Waals surface area contributed by atoms with Gasteiger partial charge in [0.1, 0.15) is 17.3 Å². The molecule has 3 aromatic carbocycles. The van der Waals surface area contributed by atoms with Crippen molar-refractivity contribution in [2.45, 2.75) is 13.0 Å². The number of carbonyl (C=O) groups excluding carboxylic acids is 1. The number of benzene rings is 3. The Morgan fingerprint density at radius 3 is 2.52 bits per heavy atom. The summed E-state index contributed by atoms with van der Waals surface area (Å²) in [5.74, 6) is -1.56. The Balaban J connectivity index is 1.53. The predicted molar refractivity (Wildman–Crippen MR) is 164 cm³/mol. The molecular weight excluding hydrogens is 607 g/mol. The maximum absolute atomic E-state index is 14.0. The minimum Gasteiger partial charge on any atom is -0.478 e. The third-order valence-corrected chi connectivity index (χ3v) is 8.25. The van der Waals surface area contributed by atoms with Crippen LogP contribution in [0.15, 0.2) is 105 Å². The highest BCUT2D eigenvalue weighted by Crippen LogP contribution is 2.35. The molecule has 220 valence electrons. The SMILES string of the molecule is CCOC(=O)C1=C(c2ccccc2)N=c2s/c(=C/c3ccc(-c4ccc(Cl)c(C(=O)O)c4)o3)c(=O)n2[C@@H]1c1ccc(F)cc1. The van der Waals surface area contributed by atoms with Crippen LogP contribution in [0.4, 0.5) is 4.39 Å². The fourth-order valence-corrected chi connectivity index (χ4v) is 6.14. The average molecular weight is 629 g/mol. The van der Waals surface area contributed by atoms with Gasteiger partial charge in [-0.05, 0) is 55.0 Å². The van der Waals surface area contributed by atoms with Crippen molar-refractivity contribution in [1.82, 2.24) is 4.57 Å². The average Bonchev–Trinajstić information content (AvgIpc) is 3.61. The van der Waals surface area contributed by atoms with E-state index in [9.17, 15) is 23.9 Å². The Morgan fingerprint density at radius 2 is 1.82 bits per heavy atom. The molecule has 8 nitrogen and oxygen atoms in total. The molecule has 2 aromatic heterocycles. The standard InChI is InChI=1S/C33H22ClFN2O6S/c1-2-42-32(41)27-28(18-6-4-3-5-7-18)36-33-37(29(27)19-8-11-21(35)12-9-19)30(38)26(44-33)17-22-13-15-25(43-22)20-10-14-24(34)23(16-20)31(39)40/h3-17,29H,2H2,1H3,(H,39,40)/b26-17+/t29-/m1/s1. The molecule has 1 aliphatic rings. The zero-order chi connectivity index (χ0) is 31.0. The van der Waals surface area contributed by atoms with Crippen LogP contribution in [0.5, 0.6) is 0 Å². The molecule has 0 spiro atoms. The highest BCUT2D eigenvalue weighted by Gasteiger charge is 2.35. The molecule has 0 aliphatic carbocycles. The molecule has 0 radical (unpaired) electrons. The largest absolute Gasteiger partial charge is 0.478 e. The molecule has 1 atom stereocenters. The van der Waals surface area contributed by atoms with Crippen molar-refractivity contribution in [2.24, 2.45) is 4.99 Å². The zero-order valence-electron chi connectivity index (χ0n) is 23.0. The Labute approximate surface area is 258 Å². The molecule has 0 saturated carbocycles. The van der Waals surface area contributed by atoms with Crippen LogP contribution in [0.1, 0.15) is 40.2 Å². The Bertz CT molecular complexity index is 2130. The predicted octanol–water partition coefficient (Wildman–Crippen LogP) is 5.69. The van der Waals surface area contributed by atoms with Gasteiger partial charge in [0, 0.05) is 17.2 Å². The quantitative estimate of drug-likeness (QED) is 0.232. The van der Waals surface area contributed by atoms with E-state index in [1.165, 1.54) is 41.0 Å². The number of nitrogens with zero attached hydrogens (tertiary/aromatic N) is 2. The molecule has 0 bridgehead atoms. The van der Waals surface area contributed by atoms with Crippen molar-refractivity contribution in [3.8, 4) is 11.3 Å². The van der Waals surface area contributed by atoms with Crippen molar-refractivity contribution >= 4 is 46.6 Å². The number of aromatic nitrogens is 1. The zero-order valence-corrected chi connectivity index (χ0v) is 24.6.